The molecular formula is C30H29BrN4O4. The van der Waals surface area contributed by atoms with Crippen LogP contribution in [0.2, 0.25) is 0 Å². The summed E-state index contributed by atoms with van der Waals surface area (Å²) in [5, 5.41) is 23.7. The van der Waals surface area contributed by atoms with E-state index in [9.17, 15) is 19.6 Å². The molecule has 0 unspecified atom stereocenters. The van der Waals surface area contributed by atoms with Crippen molar-refractivity contribution in [3.63, 3.8) is 0 Å². The molecule has 3 aromatic carbocycles. The number of benzene rings is 3. The predicted octanol–water partition coefficient (Wildman–Crippen LogP) is 5.39. The second kappa shape index (κ2) is 11.7. The van der Waals surface area contributed by atoms with E-state index in [1.54, 1.807) is 24.8 Å². The first-order chi connectivity index (χ1) is 18.6. The number of nitrogens with one attached hydrogen (secondary N) is 2. The van der Waals surface area contributed by atoms with Crippen LogP contribution in [0.25, 0.3) is 11.1 Å². The molecule has 1 atom stereocenters. The van der Waals surface area contributed by atoms with Crippen LogP contribution in [0, 0.1) is 11.3 Å². The summed E-state index contributed by atoms with van der Waals surface area (Å²) < 4.78 is 0.796. The zero-order chi connectivity index (χ0) is 28.2. The van der Waals surface area contributed by atoms with E-state index in [-0.39, 0.29) is 18.9 Å². The number of para-hydroxylation sites is 1. The van der Waals surface area contributed by atoms with Crippen LogP contribution in [0.15, 0.2) is 71.2 Å². The molecule has 0 bridgehead atoms. The second-order valence-electron chi connectivity index (χ2n) is 10.2. The van der Waals surface area contributed by atoms with Gasteiger partial charge in [-0.3, -0.25) is 9.59 Å². The lowest BCUT2D eigenvalue weighted by atomic mass is 9.99. The van der Waals surface area contributed by atoms with Crippen LogP contribution in [-0.4, -0.2) is 34.6 Å². The molecule has 200 valence electrons. The normalized spacial score (nSPS) is 15.1. The van der Waals surface area contributed by atoms with Crippen molar-refractivity contribution in [1.29, 1.82) is 5.26 Å². The molecule has 0 saturated heterocycles. The lowest BCUT2D eigenvalue weighted by Gasteiger charge is -2.28. The molecule has 1 aliphatic heterocycles. The van der Waals surface area contributed by atoms with Crippen molar-refractivity contribution in [3.05, 3.63) is 87.9 Å². The Labute approximate surface area is 235 Å². The van der Waals surface area contributed by atoms with Gasteiger partial charge in [-0.05, 0) is 67.1 Å². The monoisotopic (exact) mass is 588 g/mol. The molecule has 0 saturated carbocycles. The summed E-state index contributed by atoms with van der Waals surface area (Å²) in [4.78, 5) is 39.4. The van der Waals surface area contributed by atoms with Gasteiger partial charge in [0.25, 0.3) is 0 Å². The fraction of sp³-hybridized carbons (Fsp3) is 0.267. The number of halogens is 1. The minimum absolute atomic E-state index is 0.104. The first kappa shape index (κ1) is 27.9. The summed E-state index contributed by atoms with van der Waals surface area (Å²) in [6.45, 7) is 3.51. The van der Waals surface area contributed by atoms with E-state index in [2.05, 4.69) is 32.6 Å². The maximum atomic E-state index is 13.8. The Morgan fingerprint density at radius 2 is 1.85 bits per heavy atom. The number of carbonyl (C=O) groups is 3. The highest BCUT2D eigenvalue weighted by Gasteiger charge is 2.33. The topological polar surface area (TPSA) is 123 Å². The van der Waals surface area contributed by atoms with Crippen molar-refractivity contribution in [2.24, 2.45) is 0 Å². The van der Waals surface area contributed by atoms with Crippen molar-refractivity contribution >= 4 is 39.5 Å². The van der Waals surface area contributed by atoms with Gasteiger partial charge in [-0.15, -0.1) is 0 Å². The van der Waals surface area contributed by atoms with Crippen LogP contribution < -0.4 is 15.5 Å². The number of aryl methyl sites for hydroxylation is 1. The quantitative estimate of drug-likeness (QED) is 0.341. The van der Waals surface area contributed by atoms with Gasteiger partial charge in [0.2, 0.25) is 11.8 Å². The molecule has 39 heavy (non-hydrogen) atoms. The molecule has 4 rings (SSSR count). The van der Waals surface area contributed by atoms with Crippen LogP contribution >= 0.6 is 15.9 Å². The number of nitrogens with zero attached hydrogens (tertiary/aromatic N) is 2. The average molecular weight is 589 g/mol. The van der Waals surface area contributed by atoms with E-state index in [0.29, 0.717) is 18.4 Å². The fourth-order valence-electron chi connectivity index (χ4n) is 4.84. The maximum Gasteiger partial charge on any atom is 0.405 e. The predicted molar refractivity (Wildman–Crippen MR) is 152 cm³/mol. The smallest absolute Gasteiger partial charge is 0.405 e. The Morgan fingerprint density at radius 1 is 1.13 bits per heavy atom. The van der Waals surface area contributed by atoms with Gasteiger partial charge >= 0.3 is 6.09 Å². The van der Waals surface area contributed by atoms with Gasteiger partial charge in [0.05, 0.1) is 18.2 Å². The molecule has 1 heterocycles. The summed E-state index contributed by atoms with van der Waals surface area (Å²) in [7, 11) is 0. The maximum absolute atomic E-state index is 13.8. The number of carboxylic acid groups (broad SMARTS) is 1. The van der Waals surface area contributed by atoms with Crippen LogP contribution in [0.3, 0.4) is 0 Å². The first-order valence-corrected chi connectivity index (χ1v) is 13.3. The largest absolute Gasteiger partial charge is 0.465 e. The summed E-state index contributed by atoms with van der Waals surface area (Å²) in [6.07, 6.45) is -0.290. The summed E-state index contributed by atoms with van der Waals surface area (Å²) in [5.74, 6) is -0.636. The van der Waals surface area contributed by atoms with E-state index in [4.69, 9.17) is 5.11 Å². The summed E-state index contributed by atoms with van der Waals surface area (Å²) in [5.41, 5.74) is 3.97. The minimum atomic E-state index is -1.22. The molecule has 0 spiro atoms. The van der Waals surface area contributed by atoms with Gasteiger partial charge in [-0.25, -0.2) is 4.79 Å². The molecule has 3 amide bonds. The number of nitriles is 1. The van der Waals surface area contributed by atoms with Gasteiger partial charge in [-0.1, -0.05) is 64.5 Å². The Kier molecular flexibility index (Phi) is 8.36. The zero-order valence-electron chi connectivity index (χ0n) is 21.7. The van der Waals surface area contributed by atoms with E-state index in [1.165, 1.54) is 0 Å². The lowest BCUT2D eigenvalue weighted by Crippen LogP contribution is -2.51. The SMILES string of the molecule is CC(C)(CC(=O)N[C@@H]1CCc2ccccc2N(Cc2ccc(-c3ccccc3C#N)cc2Br)C1=O)NC(=O)O. The van der Waals surface area contributed by atoms with Crippen molar-refractivity contribution in [2.45, 2.75) is 51.2 Å². The number of hydrogen-bond acceptors (Lipinski definition) is 4. The third kappa shape index (κ3) is 6.65. The van der Waals surface area contributed by atoms with Gasteiger partial charge < -0.3 is 20.6 Å². The third-order valence-corrected chi connectivity index (χ3v) is 7.41. The van der Waals surface area contributed by atoms with E-state index < -0.39 is 23.6 Å². The number of amides is 3. The van der Waals surface area contributed by atoms with Crippen LogP contribution in [0.1, 0.15) is 43.4 Å². The average Bonchev–Trinajstić information content (AvgIpc) is 3.01. The summed E-state index contributed by atoms with van der Waals surface area (Å²) in [6, 6.07) is 22.4. The first-order valence-electron chi connectivity index (χ1n) is 12.6. The Hall–Kier alpha value is -4.16. The third-order valence-electron chi connectivity index (χ3n) is 6.67. The van der Waals surface area contributed by atoms with E-state index in [0.717, 1.165) is 32.4 Å². The highest BCUT2D eigenvalue weighted by molar-refractivity contribution is 9.10. The van der Waals surface area contributed by atoms with Crippen molar-refractivity contribution < 1.29 is 19.5 Å². The zero-order valence-corrected chi connectivity index (χ0v) is 23.3. The van der Waals surface area contributed by atoms with Gasteiger partial charge in [-0.2, -0.15) is 5.26 Å². The Balaban J connectivity index is 1.60. The number of anilines is 1. The number of carbonyl (C=O) groups excluding carboxylic acids is 2. The van der Waals surface area contributed by atoms with Gasteiger partial charge in [0, 0.05) is 22.1 Å². The second-order valence-corrected chi connectivity index (χ2v) is 11.0. The molecule has 8 nitrogen and oxygen atoms in total. The Bertz CT molecular complexity index is 1460. The number of hydrogen-bond donors (Lipinski definition) is 3. The molecule has 0 aliphatic carbocycles. The van der Waals surface area contributed by atoms with Crippen molar-refractivity contribution in [3.8, 4) is 17.2 Å². The molecule has 9 heteroatoms. The van der Waals surface area contributed by atoms with Gasteiger partial charge in [0.15, 0.2) is 0 Å². The van der Waals surface area contributed by atoms with E-state index in [1.807, 2.05) is 60.7 Å². The lowest BCUT2D eigenvalue weighted by molar-refractivity contribution is -0.128. The van der Waals surface area contributed by atoms with Crippen LogP contribution in [-0.2, 0) is 22.6 Å². The standard InChI is InChI=1S/C30H29BrN4O4/c1-30(2,34-29(38)39)16-27(36)33-25-14-13-19-7-4-6-10-26(19)35(28(25)37)18-22-12-11-20(15-24(22)31)23-9-5-3-8-21(23)17-32/h3-12,15,25,34H,13-14,16,18H2,1-2H3,(H,33,36)(H,38,39)/t25-/m1/s1. The molecule has 3 N–H and O–H groups in total. The highest BCUT2D eigenvalue weighted by Crippen LogP contribution is 2.33. The van der Waals surface area contributed by atoms with E-state index >= 15 is 0 Å². The molecule has 0 aromatic heterocycles. The number of fused-ring (bicyclic) bond motifs is 1. The minimum Gasteiger partial charge on any atom is -0.465 e. The van der Waals surface area contributed by atoms with Crippen molar-refractivity contribution in [1.82, 2.24) is 10.6 Å². The number of rotatable bonds is 7. The molecule has 0 radical (unpaired) electrons. The van der Waals surface area contributed by atoms with Gasteiger partial charge in [0.1, 0.15) is 6.04 Å². The molecule has 3 aromatic rings. The molecule has 1 aliphatic rings. The summed E-state index contributed by atoms with van der Waals surface area (Å²) >= 11 is 3.66. The van der Waals surface area contributed by atoms with Crippen LogP contribution in [0.5, 0.6) is 0 Å². The molecular weight excluding hydrogens is 560 g/mol. The fourth-order valence-corrected chi connectivity index (χ4v) is 5.34. The molecule has 0 fully saturated rings. The Morgan fingerprint density at radius 3 is 2.56 bits per heavy atom. The van der Waals surface area contributed by atoms with Crippen molar-refractivity contribution in [2.75, 3.05) is 4.90 Å². The van der Waals surface area contributed by atoms with Crippen LogP contribution in [0.4, 0.5) is 10.5 Å². The highest BCUT2D eigenvalue weighted by atomic mass is 79.9.